The smallest absolute Gasteiger partial charge is 0.310 e. The first kappa shape index (κ1) is 13.7. The van der Waals surface area contributed by atoms with E-state index in [1.54, 1.807) is 13.0 Å². The number of carbonyl (C=O) groups excluding carboxylic acids is 1. The van der Waals surface area contributed by atoms with E-state index in [9.17, 15) is 9.18 Å². The third kappa shape index (κ3) is 3.53. The van der Waals surface area contributed by atoms with Crippen LogP contribution >= 0.6 is 15.9 Å². The zero-order valence-electron chi connectivity index (χ0n) is 9.30. The minimum absolute atomic E-state index is 0.0113. The summed E-state index contributed by atoms with van der Waals surface area (Å²) in [6, 6.07) is 4.42. The monoisotopic (exact) mass is 299 g/mol. The fraction of sp³-hybridized carbons (Fsp3) is 0.333. The van der Waals surface area contributed by atoms with E-state index in [1.807, 2.05) is 0 Å². The molecular formula is C12H11BrFNO2. The van der Waals surface area contributed by atoms with Gasteiger partial charge in [0.15, 0.2) is 0 Å². The number of hydrogen-bond donors (Lipinski definition) is 0. The molecule has 0 saturated heterocycles. The second-order valence-corrected chi connectivity index (χ2v) is 3.89. The number of esters is 1. The molecule has 0 N–H and O–H groups in total. The van der Waals surface area contributed by atoms with Crippen molar-refractivity contribution in [3.63, 3.8) is 0 Å². The van der Waals surface area contributed by atoms with Gasteiger partial charge in [-0.15, -0.1) is 0 Å². The van der Waals surface area contributed by atoms with Crippen LogP contribution in [0.5, 0.6) is 0 Å². The SMILES string of the molecule is CCOC(=O)Cc1cc(F)c(C#N)cc1CBr. The van der Waals surface area contributed by atoms with E-state index in [0.717, 1.165) is 5.56 Å². The highest BCUT2D eigenvalue weighted by Gasteiger charge is 2.12. The predicted molar refractivity (Wildman–Crippen MR) is 64.1 cm³/mol. The summed E-state index contributed by atoms with van der Waals surface area (Å²) in [5.74, 6) is -1.02. The maximum Gasteiger partial charge on any atom is 0.310 e. The first-order valence-electron chi connectivity index (χ1n) is 5.05. The van der Waals surface area contributed by atoms with Gasteiger partial charge in [-0.1, -0.05) is 15.9 Å². The Bertz CT molecular complexity index is 468. The standard InChI is InChI=1S/C12H11BrFNO2/c1-2-17-12(16)5-8-4-11(14)10(7-15)3-9(8)6-13/h3-4H,2,5-6H2,1H3. The molecule has 0 aromatic heterocycles. The highest BCUT2D eigenvalue weighted by molar-refractivity contribution is 9.08. The minimum atomic E-state index is -0.614. The molecule has 3 nitrogen and oxygen atoms in total. The van der Waals surface area contributed by atoms with E-state index >= 15 is 0 Å². The number of benzene rings is 1. The van der Waals surface area contributed by atoms with Crippen LogP contribution in [0.2, 0.25) is 0 Å². The summed E-state index contributed by atoms with van der Waals surface area (Å²) in [7, 11) is 0. The normalized spacial score (nSPS) is 9.76. The van der Waals surface area contributed by atoms with E-state index in [1.165, 1.54) is 12.1 Å². The summed E-state index contributed by atoms with van der Waals surface area (Å²) in [6.07, 6.45) is 0.0113. The Kier molecular flexibility index (Phi) is 5.11. The number of nitriles is 1. The highest BCUT2D eigenvalue weighted by Crippen LogP contribution is 2.19. The van der Waals surface area contributed by atoms with Crippen molar-refractivity contribution in [2.24, 2.45) is 0 Å². The van der Waals surface area contributed by atoms with Crippen molar-refractivity contribution >= 4 is 21.9 Å². The Morgan fingerprint density at radius 1 is 1.53 bits per heavy atom. The maximum atomic E-state index is 13.4. The van der Waals surface area contributed by atoms with Gasteiger partial charge in [0.1, 0.15) is 11.9 Å². The molecule has 0 spiro atoms. The molecule has 1 aromatic carbocycles. The van der Waals surface area contributed by atoms with Crippen LogP contribution in [0.25, 0.3) is 0 Å². The van der Waals surface area contributed by atoms with Gasteiger partial charge in [0.05, 0.1) is 18.6 Å². The molecule has 17 heavy (non-hydrogen) atoms. The molecule has 0 heterocycles. The second kappa shape index (κ2) is 6.36. The van der Waals surface area contributed by atoms with E-state index in [4.69, 9.17) is 10.00 Å². The molecular weight excluding hydrogens is 289 g/mol. The lowest BCUT2D eigenvalue weighted by Gasteiger charge is -2.08. The Morgan fingerprint density at radius 2 is 2.24 bits per heavy atom. The van der Waals surface area contributed by atoms with Crippen LogP contribution in [0, 0.1) is 17.1 Å². The minimum Gasteiger partial charge on any atom is -0.466 e. The van der Waals surface area contributed by atoms with Crippen LogP contribution in [0.15, 0.2) is 12.1 Å². The molecule has 0 fully saturated rings. The summed E-state index contributed by atoms with van der Waals surface area (Å²) in [6.45, 7) is 2.00. The van der Waals surface area contributed by atoms with Crippen molar-refractivity contribution in [2.75, 3.05) is 6.61 Å². The van der Waals surface area contributed by atoms with Crippen molar-refractivity contribution in [1.82, 2.24) is 0 Å². The number of alkyl halides is 1. The van der Waals surface area contributed by atoms with Crippen LogP contribution in [0.4, 0.5) is 4.39 Å². The molecule has 0 radical (unpaired) electrons. The largest absolute Gasteiger partial charge is 0.466 e. The van der Waals surface area contributed by atoms with Gasteiger partial charge in [0.2, 0.25) is 0 Å². The highest BCUT2D eigenvalue weighted by atomic mass is 79.9. The van der Waals surface area contributed by atoms with Gasteiger partial charge in [-0.25, -0.2) is 4.39 Å². The van der Waals surface area contributed by atoms with Crippen LogP contribution in [-0.2, 0) is 21.3 Å². The van der Waals surface area contributed by atoms with Crippen molar-refractivity contribution in [3.05, 3.63) is 34.6 Å². The Balaban J connectivity index is 3.03. The second-order valence-electron chi connectivity index (χ2n) is 3.33. The van der Waals surface area contributed by atoms with Crippen molar-refractivity contribution < 1.29 is 13.9 Å². The van der Waals surface area contributed by atoms with Crippen LogP contribution < -0.4 is 0 Å². The van der Waals surface area contributed by atoms with Crippen molar-refractivity contribution in [2.45, 2.75) is 18.7 Å². The molecule has 0 aliphatic rings. The number of nitrogens with zero attached hydrogens (tertiary/aromatic N) is 1. The predicted octanol–water partition coefficient (Wildman–Crippen LogP) is 2.70. The number of halogens is 2. The summed E-state index contributed by atoms with van der Waals surface area (Å²) < 4.78 is 18.2. The number of carbonyl (C=O) groups is 1. The average molecular weight is 300 g/mol. The van der Waals surface area contributed by atoms with E-state index < -0.39 is 11.8 Å². The Labute approximate surface area is 107 Å². The zero-order valence-corrected chi connectivity index (χ0v) is 10.9. The maximum absolute atomic E-state index is 13.4. The number of hydrogen-bond acceptors (Lipinski definition) is 3. The first-order valence-corrected chi connectivity index (χ1v) is 6.17. The zero-order chi connectivity index (χ0) is 12.8. The van der Waals surface area contributed by atoms with Gasteiger partial charge in [-0.3, -0.25) is 4.79 Å². The molecule has 0 bridgehead atoms. The Hall–Kier alpha value is -1.41. The van der Waals surface area contributed by atoms with E-state index in [-0.39, 0.29) is 12.0 Å². The van der Waals surface area contributed by atoms with Crippen LogP contribution in [0.1, 0.15) is 23.6 Å². The van der Waals surface area contributed by atoms with Crippen molar-refractivity contribution in [1.29, 1.82) is 5.26 Å². The lowest BCUT2D eigenvalue weighted by atomic mass is 10.0. The van der Waals surface area contributed by atoms with Gasteiger partial charge in [-0.05, 0) is 30.2 Å². The summed E-state index contributed by atoms with van der Waals surface area (Å²) >= 11 is 3.24. The van der Waals surface area contributed by atoms with Crippen LogP contribution in [0.3, 0.4) is 0 Å². The van der Waals surface area contributed by atoms with E-state index in [0.29, 0.717) is 17.5 Å². The number of ether oxygens (including phenoxy) is 1. The lowest BCUT2D eigenvalue weighted by molar-refractivity contribution is -0.142. The summed E-state index contributed by atoms with van der Waals surface area (Å²) in [5.41, 5.74) is 1.24. The number of rotatable bonds is 4. The topological polar surface area (TPSA) is 50.1 Å². The van der Waals surface area contributed by atoms with Gasteiger partial charge in [0.25, 0.3) is 0 Å². The Morgan fingerprint density at radius 3 is 2.76 bits per heavy atom. The molecule has 0 saturated carbocycles. The van der Waals surface area contributed by atoms with Crippen molar-refractivity contribution in [3.8, 4) is 6.07 Å². The molecule has 5 heteroatoms. The third-order valence-electron chi connectivity index (χ3n) is 2.19. The summed E-state index contributed by atoms with van der Waals surface area (Å²) in [4.78, 5) is 11.3. The lowest BCUT2D eigenvalue weighted by Crippen LogP contribution is -2.09. The van der Waals surface area contributed by atoms with Crippen LogP contribution in [-0.4, -0.2) is 12.6 Å². The summed E-state index contributed by atoms with van der Waals surface area (Å²) in [5, 5.41) is 9.15. The first-order chi connectivity index (χ1) is 8.12. The average Bonchev–Trinajstić information content (AvgIpc) is 2.29. The molecule has 1 rings (SSSR count). The van der Waals surface area contributed by atoms with E-state index in [2.05, 4.69) is 15.9 Å². The molecule has 0 atom stereocenters. The molecule has 0 amide bonds. The molecule has 0 unspecified atom stereocenters. The van der Waals surface area contributed by atoms with Gasteiger partial charge in [-0.2, -0.15) is 5.26 Å². The molecule has 90 valence electrons. The van der Waals surface area contributed by atoms with Gasteiger partial charge < -0.3 is 4.74 Å². The van der Waals surface area contributed by atoms with Gasteiger partial charge in [0, 0.05) is 5.33 Å². The quantitative estimate of drug-likeness (QED) is 0.634. The molecule has 0 aliphatic heterocycles. The fourth-order valence-electron chi connectivity index (χ4n) is 1.40. The molecule has 0 aliphatic carbocycles. The molecule has 1 aromatic rings. The van der Waals surface area contributed by atoms with Gasteiger partial charge >= 0.3 is 5.97 Å². The third-order valence-corrected chi connectivity index (χ3v) is 2.80. The fourth-order valence-corrected chi connectivity index (χ4v) is 1.92.